The average molecular weight is 290 g/mol. The highest BCUT2D eigenvalue weighted by Crippen LogP contribution is 2.35. The molecule has 0 bridgehead atoms. The maximum Gasteiger partial charge on any atom is 0.266 e. The number of nitrogens with zero attached hydrogens (tertiary/aromatic N) is 1. The van der Waals surface area contributed by atoms with Crippen molar-refractivity contribution in [1.82, 2.24) is 4.90 Å². The number of thiophene rings is 1. The quantitative estimate of drug-likeness (QED) is 0.931. The van der Waals surface area contributed by atoms with Crippen molar-refractivity contribution in [2.24, 2.45) is 5.92 Å². The number of anilines is 1. The Labute approximate surface area is 124 Å². The summed E-state index contributed by atoms with van der Waals surface area (Å²) in [6.07, 6.45) is 0. The van der Waals surface area contributed by atoms with E-state index in [4.69, 9.17) is 5.73 Å². The number of amides is 1. The number of hydrogen-bond donors (Lipinski definition) is 1. The Morgan fingerprint density at radius 1 is 1.30 bits per heavy atom. The van der Waals surface area contributed by atoms with Gasteiger partial charge in [-0.1, -0.05) is 26.0 Å². The first-order valence-electron chi connectivity index (χ1n) is 6.88. The Bertz CT molecular complexity index is 645. The summed E-state index contributed by atoms with van der Waals surface area (Å²) in [6, 6.07) is 6.30. The van der Waals surface area contributed by atoms with Gasteiger partial charge in [-0.25, -0.2) is 0 Å². The molecule has 0 spiro atoms. The Kier molecular flexibility index (Phi) is 4.04. The van der Waals surface area contributed by atoms with Gasteiger partial charge in [-0.05, 0) is 31.4 Å². The largest absolute Gasteiger partial charge is 0.397 e. The summed E-state index contributed by atoms with van der Waals surface area (Å²) in [5.41, 5.74) is 7.96. The van der Waals surface area contributed by atoms with Crippen molar-refractivity contribution in [3.63, 3.8) is 0 Å². The van der Waals surface area contributed by atoms with Crippen LogP contribution in [0.2, 0.25) is 0 Å². The number of hydrogen-bond acceptors (Lipinski definition) is 3. The third kappa shape index (κ3) is 2.52. The van der Waals surface area contributed by atoms with Gasteiger partial charge in [0.15, 0.2) is 0 Å². The van der Waals surface area contributed by atoms with Gasteiger partial charge < -0.3 is 10.6 Å². The van der Waals surface area contributed by atoms with Crippen molar-refractivity contribution in [2.75, 3.05) is 12.8 Å². The molecule has 20 heavy (non-hydrogen) atoms. The summed E-state index contributed by atoms with van der Waals surface area (Å²) in [5.74, 6) is 0.435. The molecule has 2 N–H and O–H groups in total. The molecule has 0 aliphatic rings. The van der Waals surface area contributed by atoms with Crippen LogP contribution in [-0.4, -0.2) is 23.9 Å². The van der Waals surface area contributed by atoms with E-state index in [9.17, 15) is 4.79 Å². The minimum atomic E-state index is 0.0163. The predicted molar refractivity (Wildman–Crippen MR) is 87.4 cm³/mol. The maximum absolute atomic E-state index is 12.6. The van der Waals surface area contributed by atoms with Crippen molar-refractivity contribution in [3.05, 3.63) is 28.6 Å². The summed E-state index contributed by atoms with van der Waals surface area (Å²) in [5, 5.41) is 0.981. The number of nitrogens with two attached hydrogens (primary N) is 1. The first-order valence-corrected chi connectivity index (χ1v) is 7.70. The van der Waals surface area contributed by atoms with E-state index in [2.05, 4.69) is 26.8 Å². The van der Waals surface area contributed by atoms with Crippen molar-refractivity contribution in [3.8, 4) is 0 Å². The van der Waals surface area contributed by atoms with Gasteiger partial charge in [0, 0.05) is 23.2 Å². The van der Waals surface area contributed by atoms with Gasteiger partial charge in [0.25, 0.3) is 5.91 Å². The Morgan fingerprint density at radius 2 is 1.95 bits per heavy atom. The van der Waals surface area contributed by atoms with Gasteiger partial charge in [-0.3, -0.25) is 4.79 Å². The number of aryl methyl sites for hydroxylation is 1. The van der Waals surface area contributed by atoms with Gasteiger partial charge in [0.1, 0.15) is 4.88 Å². The number of carbonyl (C=O) groups excluding carboxylic acids is 1. The lowest BCUT2D eigenvalue weighted by Gasteiger charge is -2.27. The van der Waals surface area contributed by atoms with Crippen LogP contribution >= 0.6 is 11.3 Å². The summed E-state index contributed by atoms with van der Waals surface area (Å²) in [4.78, 5) is 15.1. The van der Waals surface area contributed by atoms with E-state index >= 15 is 0 Å². The normalized spacial score (nSPS) is 12.9. The summed E-state index contributed by atoms with van der Waals surface area (Å²) < 4.78 is 1.08. The monoisotopic (exact) mass is 290 g/mol. The molecule has 0 saturated carbocycles. The topological polar surface area (TPSA) is 46.3 Å². The van der Waals surface area contributed by atoms with Crippen LogP contribution in [0.1, 0.15) is 36.0 Å². The zero-order chi connectivity index (χ0) is 15.0. The highest BCUT2D eigenvalue weighted by molar-refractivity contribution is 7.21. The Hall–Kier alpha value is -1.55. The van der Waals surface area contributed by atoms with Gasteiger partial charge in [-0.2, -0.15) is 0 Å². The van der Waals surface area contributed by atoms with E-state index in [1.54, 1.807) is 4.90 Å². The Morgan fingerprint density at radius 3 is 2.55 bits per heavy atom. The van der Waals surface area contributed by atoms with Crippen LogP contribution in [0.4, 0.5) is 5.69 Å². The van der Waals surface area contributed by atoms with Crippen molar-refractivity contribution >= 4 is 33.0 Å². The van der Waals surface area contributed by atoms with Crippen LogP contribution in [-0.2, 0) is 0 Å². The standard InChI is InChI=1S/C16H22N2OS/c1-9(2)11(4)18(5)16(19)15-14(17)12-7-6-10(3)8-13(12)20-15/h6-9,11H,17H2,1-5H3. The molecule has 1 heterocycles. The molecule has 1 aromatic heterocycles. The minimum Gasteiger partial charge on any atom is -0.397 e. The number of rotatable bonds is 3. The molecule has 0 fully saturated rings. The van der Waals surface area contributed by atoms with E-state index in [1.807, 2.05) is 26.1 Å². The highest BCUT2D eigenvalue weighted by atomic mass is 32.1. The summed E-state index contributed by atoms with van der Waals surface area (Å²) >= 11 is 1.49. The fraction of sp³-hybridized carbons (Fsp3) is 0.438. The predicted octanol–water partition coefficient (Wildman–Crippen LogP) is 3.91. The van der Waals surface area contributed by atoms with Crippen LogP contribution in [0.15, 0.2) is 18.2 Å². The smallest absolute Gasteiger partial charge is 0.266 e. The molecule has 4 heteroatoms. The average Bonchev–Trinajstić information content (AvgIpc) is 2.72. The molecule has 0 aliphatic heterocycles. The second-order valence-electron chi connectivity index (χ2n) is 5.75. The lowest BCUT2D eigenvalue weighted by Crippen LogP contribution is -2.38. The van der Waals surface area contributed by atoms with Gasteiger partial charge in [0.05, 0.1) is 5.69 Å². The third-order valence-electron chi connectivity index (χ3n) is 3.97. The SMILES string of the molecule is Cc1ccc2c(N)c(C(=O)N(C)C(C)C(C)C)sc2c1. The van der Waals surface area contributed by atoms with Gasteiger partial charge in [0.2, 0.25) is 0 Å². The number of benzene rings is 1. The van der Waals surface area contributed by atoms with Crippen molar-refractivity contribution < 1.29 is 4.79 Å². The molecule has 1 unspecified atom stereocenters. The lowest BCUT2D eigenvalue weighted by atomic mass is 10.0. The number of fused-ring (bicyclic) bond motifs is 1. The first kappa shape index (κ1) is 14.9. The van der Waals surface area contributed by atoms with Crippen LogP contribution < -0.4 is 5.73 Å². The molecule has 1 aromatic carbocycles. The van der Waals surface area contributed by atoms with Crippen LogP contribution in [0, 0.1) is 12.8 Å². The van der Waals surface area contributed by atoms with Gasteiger partial charge in [-0.15, -0.1) is 11.3 Å². The fourth-order valence-corrected chi connectivity index (χ4v) is 3.38. The minimum absolute atomic E-state index is 0.0163. The molecule has 2 aromatic rings. The van der Waals surface area contributed by atoms with E-state index in [1.165, 1.54) is 16.9 Å². The molecule has 0 saturated heterocycles. The van der Waals surface area contributed by atoms with Crippen LogP contribution in [0.5, 0.6) is 0 Å². The molecule has 0 aliphatic carbocycles. The van der Waals surface area contributed by atoms with E-state index < -0.39 is 0 Å². The molecular formula is C16H22N2OS. The van der Waals surface area contributed by atoms with Gasteiger partial charge >= 0.3 is 0 Å². The van der Waals surface area contributed by atoms with E-state index in [0.717, 1.165) is 10.1 Å². The lowest BCUT2D eigenvalue weighted by molar-refractivity contribution is 0.0713. The molecule has 1 atom stereocenters. The fourth-order valence-electron chi connectivity index (χ4n) is 2.17. The molecule has 1 amide bonds. The van der Waals surface area contributed by atoms with Crippen molar-refractivity contribution in [2.45, 2.75) is 33.7 Å². The third-order valence-corrected chi connectivity index (χ3v) is 5.13. The first-order chi connectivity index (χ1) is 9.32. The molecule has 3 nitrogen and oxygen atoms in total. The summed E-state index contributed by atoms with van der Waals surface area (Å²) in [6.45, 7) is 8.35. The number of nitrogen functional groups attached to an aromatic ring is 1. The van der Waals surface area contributed by atoms with Crippen molar-refractivity contribution in [1.29, 1.82) is 0 Å². The van der Waals surface area contributed by atoms with E-state index in [-0.39, 0.29) is 11.9 Å². The van der Waals surface area contributed by atoms with Crippen LogP contribution in [0.25, 0.3) is 10.1 Å². The summed E-state index contributed by atoms with van der Waals surface area (Å²) in [7, 11) is 1.85. The Balaban J connectivity index is 2.42. The van der Waals surface area contributed by atoms with E-state index in [0.29, 0.717) is 16.5 Å². The zero-order valence-electron chi connectivity index (χ0n) is 12.7. The molecular weight excluding hydrogens is 268 g/mol. The highest BCUT2D eigenvalue weighted by Gasteiger charge is 2.24. The van der Waals surface area contributed by atoms with Crippen LogP contribution in [0.3, 0.4) is 0 Å². The molecule has 2 rings (SSSR count). The maximum atomic E-state index is 12.6. The molecule has 0 radical (unpaired) electrons. The number of carbonyl (C=O) groups is 1. The second kappa shape index (κ2) is 5.44. The molecule has 108 valence electrons. The second-order valence-corrected chi connectivity index (χ2v) is 6.80. The zero-order valence-corrected chi connectivity index (χ0v) is 13.5.